The van der Waals surface area contributed by atoms with Gasteiger partial charge in [-0.15, -0.1) is 0 Å². The van der Waals surface area contributed by atoms with Crippen molar-refractivity contribution in [3.63, 3.8) is 0 Å². The van der Waals surface area contributed by atoms with Crippen LogP contribution in [-0.2, 0) is 6.54 Å². The maximum atomic E-state index is 13.1. The van der Waals surface area contributed by atoms with Gasteiger partial charge in [-0.05, 0) is 42.0 Å². The molecular weight excluding hydrogens is 351 g/mol. The summed E-state index contributed by atoms with van der Waals surface area (Å²) in [4.78, 5) is 37.3. The molecule has 7 heteroatoms. The molecule has 142 valence electrons. The summed E-state index contributed by atoms with van der Waals surface area (Å²) in [6.07, 6.45) is 2.52. The number of pyridine rings is 1. The molecule has 0 saturated heterocycles. The van der Waals surface area contributed by atoms with Crippen molar-refractivity contribution in [3.05, 3.63) is 69.4 Å². The zero-order valence-corrected chi connectivity index (χ0v) is 14.9. The van der Waals surface area contributed by atoms with Crippen LogP contribution in [0.25, 0.3) is 0 Å². The van der Waals surface area contributed by atoms with E-state index in [1.807, 2.05) is 0 Å². The van der Waals surface area contributed by atoms with Crippen molar-refractivity contribution in [3.8, 4) is 0 Å². The van der Waals surface area contributed by atoms with Crippen LogP contribution in [0.2, 0.25) is 0 Å². The van der Waals surface area contributed by atoms with Gasteiger partial charge in [0.25, 0.3) is 11.5 Å². The number of halogens is 1. The minimum absolute atomic E-state index is 0.0610. The first-order valence-electron chi connectivity index (χ1n) is 8.78. The average Bonchev–Trinajstić information content (AvgIpc) is 3.42. The highest BCUT2D eigenvalue weighted by molar-refractivity contribution is 6.00. The molecule has 6 nitrogen and oxygen atoms in total. The number of aliphatic hydroxyl groups is 1. The predicted octanol–water partition coefficient (Wildman–Crippen LogP) is 1.60. The van der Waals surface area contributed by atoms with Crippen molar-refractivity contribution in [2.75, 3.05) is 13.7 Å². The first-order valence-corrected chi connectivity index (χ1v) is 8.78. The molecule has 2 N–H and O–H groups in total. The van der Waals surface area contributed by atoms with Crippen molar-refractivity contribution < 1.29 is 19.1 Å². The van der Waals surface area contributed by atoms with E-state index in [0.717, 1.165) is 6.42 Å². The number of hydrogen-bond donors (Lipinski definition) is 2. The normalized spacial score (nSPS) is 18.2. The van der Waals surface area contributed by atoms with E-state index in [4.69, 9.17) is 5.11 Å². The van der Waals surface area contributed by atoms with Gasteiger partial charge in [0.15, 0.2) is 5.78 Å². The highest BCUT2D eigenvalue weighted by Gasteiger charge is 2.37. The highest BCUT2D eigenvalue weighted by atomic mass is 19.1. The summed E-state index contributed by atoms with van der Waals surface area (Å²) in [6.45, 7) is 0.179. The van der Waals surface area contributed by atoms with E-state index in [1.165, 1.54) is 36.0 Å². The topological polar surface area (TPSA) is 88.4 Å². The molecule has 1 heterocycles. The Morgan fingerprint density at radius 2 is 1.96 bits per heavy atom. The first kappa shape index (κ1) is 19.0. The monoisotopic (exact) mass is 372 g/mol. The van der Waals surface area contributed by atoms with E-state index in [2.05, 4.69) is 5.32 Å². The van der Waals surface area contributed by atoms with Crippen LogP contribution in [-0.4, -0.2) is 35.0 Å². The fourth-order valence-electron chi connectivity index (χ4n) is 3.13. The number of ketones is 1. The van der Waals surface area contributed by atoms with Gasteiger partial charge < -0.3 is 15.0 Å². The summed E-state index contributed by atoms with van der Waals surface area (Å²) in [7, 11) is 1.41. The van der Waals surface area contributed by atoms with Gasteiger partial charge in [0.2, 0.25) is 0 Å². The van der Waals surface area contributed by atoms with Crippen molar-refractivity contribution in [1.82, 2.24) is 9.88 Å². The molecule has 1 aromatic carbocycles. The molecule has 0 bridgehead atoms. The van der Waals surface area contributed by atoms with E-state index in [0.29, 0.717) is 5.56 Å². The number of carbonyl (C=O) groups is 2. The van der Waals surface area contributed by atoms with Gasteiger partial charge in [-0.1, -0.05) is 12.1 Å². The molecule has 0 aliphatic heterocycles. The third-order valence-electron chi connectivity index (χ3n) is 4.90. The first-order chi connectivity index (χ1) is 12.9. The Kier molecular flexibility index (Phi) is 5.51. The Labute approximate surface area is 155 Å². The molecule has 27 heavy (non-hydrogen) atoms. The number of aromatic nitrogens is 1. The Morgan fingerprint density at radius 1 is 1.26 bits per heavy atom. The highest BCUT2D eigenvalue weighted by Crippen LogP contribution is 2.41. The molecule has 0 radical (unpaired) electrons. The maximum absolute atomic E-state index is 13.1. The number of nitrogens with one attached hydrogen (secondary N) is 1. The van der Waals surface area contributed by atoms with E-state index < -0.39 is 11.5 Å². The number of aliphatic hydroxyl groups excluding tert-OH is 1. The van der Waals surface area contributed by atoms with Crippen LogP contribution in [0, 0.1) is 17.7 Å². The average molecular weight is 372 g/mol. The van der Waals surface area contributed by atoms with E-state index in [-0.39, 0.29) is 54.1 Å². The largest absolute Gasteiger partial charge is 0.396 e. The molecule has 1 aliphatic carbocycles. The van der Waals surface area contributed by atoms with Crippen LogP contribution < -0.4 is 10.9 Å². The predicted molar refractivity (Wildman–Crippen MR) is 97.2 cm³/mol. The number of nitrogens with zero attached hydrogens (tertiary/aromatic N) is 1. The molecule has 2 unspecified atom stereocenters. The molecule has 1 aromatic heterocycles. The van der Waals surface area contributed by atoms with Gasteiger partial charge in [0.05, 0.1) is 6.54 Å². The number of rotatable bonds is 7. The summed E-state index contributed by atoms with van der Waals surface area (Å²) < 4.78 is 14.4. The van der Waals surface area contributed by atoms with E-state index in [1.54, 1.807) is 12.1 Å². The van der Waals surface area contributed by atoms with Crippen LogP contribution in [0.1, 0.15) is 39.1 Å². The van der Waals surface area contributed by atoms with Gasteiger partial charge in [0, 0.05) is 31.8 Å². The molecule has 2 aromatic rings. The van der Waals surface area contributed by atoms with Crippen LogP contribution >= 0.6 is 0 Å². The summed E-state index contributed by atoms with van der Waals surface area (Å²) >= 11 is 0. The van der Waals surface area contributed by atoms with Gasteiger partial charge in [-0.25, -0.2) is 4.39 Å². The minimum atomic E-state index is -0.567. The number of benzene rings is 1. The van der Waals surface area contributed by atoms with Crippen molar-refractivity contribution in [1.29, 1.82) is 0 Å². The molecule has 1 fully saturated rings. The lowest BCUT2D eigenvalue weighted by Gasteiger charge is -2.11. The van der Waals surface area contributed by atoms with E-state index in [9.17, 15) is 18.8 Å². The molecule has 2 atom stereocenters. The lowest BCUT2D eigenvalue weighted by Crippen LogP contribution is -2.32. The van der Waals surface area contributed by atoms with Crippen molar-refractivity contribution in [2.24, 2.45) is 11.8 Å². The van der Waals surface area contributed by atoms with Crippen molar-refractivity contribution >= 4 is 11.7 Å². The second-order valence-corrected chi connectivity index (χ2v) is 6.85. The second-order valence-electron chi connectivity index (χ2n) is 6.85. The van der Waals surface area contributed by atoms with Gasteiger partial charge >= 0.3 is 0 Å². The summed E-state index contributed by atoms with van der Waals surface area (Å²) in [5, 5.41) is 11.5. The van der Waals surface area contributed by atoms with Crippen LogP contribution in [0.3, 0.4) is 0 Å². The fraction of sp³-hybridized carbons (Fsp3) is 0.350. The number of carbonyl (C=O) groups excluding carboxylic acids is 2. The minimum Gasteiger partial charge on any atom is -0.396 e. The standard InChI is InChI=1S/C20H21FN2O4/c1-22-19(26)17-7-14(18(25)8-13-6-15(13)11-24)10-23(20(17)27)9-12-2-4-16(21)5-3-12/h2-5,7,10,13,15,24H,6,8-9,11H2,1H3,(H,22,26). The quantitative estimate of drug-likeness (QED) is 0.723. The molecular formula is C20H21FN2O4. The molecule has 1 amide bonds. The van der Waals surface area contributed by atoms with Crippen LogP contribution in [0.4, 0.5) is 4.39 Å². The lowest BCUT2D eigenvalue weighted by molar-refractivity contribution is 0.0961. The van der Waals surface area contributed by atoms with Gasteiger partial charge in [0.1, 0.15) is 11.4 Å². The van der Waals surface area contributed by atoms with Crippen LogP contribution in [0.5, 0.6) is 0 Å². The SMILES string of the molecule is CNC(=O)c1cc(C(=O)CC2CC2CO)cn(Cc2ccc(F)cc2)c1=O. The summed E-state index contributed by atoms with van der Waals surface area (Å²) in [5.41, 5.74) is 0.322. The zero-order valence-electron chi connectivity index (χ0n) is 14.9. The molecule has 1 aliphatic rings. The Morgan fingerprint density at radius 3 is 2.56 bits per heavy atom. The Hall–Kier alpha value is -2.80. The van der Waals surface area contributed by atoms with E-state index >= 15 is 0 Å². The number of hydrogen-bond acceptors (Lipinski definition) is 4. The van der Waals surface area contributed by atoms with Gasteiger partial charge in [-0.2, -0.15) is 0 Å². The van der Waals surface area contributed by atoms with Crippen LogP contribution in [0.15, 0.2) is 41.3 Å². The molecule has 3 rings (SSSR count). The Bertz CT molecular complexity index is 921. The van der Waals surface area contributed by atoms with Crippen molar-refractivity contribution in [2.45, 2.75) is 19.4 Å². The van der Waals surface area contributed by atoms with Gasteiger partial charge in [-0.3, -0.25) is 14.4 Å². The zero-order chi connectivity index (χ0) is 19.6. The molecule has 0 spiro atoms. The third kappa shape index (κ3) is 4.31. The molecule has 1 saturated carbocycles. The number of Topliss-reactive ketones (excluding diaryl/α,β-unsaturated/α-hetero) is 1. The fourth-order valence-corrected chi connectivity index (χ4v) is 3.13. The smallest absolute Gasteiger partial charge is 0.263 e. The summed E-state index contributed by atoms with van der Waals surface area (Å²) in [5.74, 6) is -0.832. The maximum Gasteiger partial charge on any atom is 0.263 e. The lowest BCUT2D eigenvalue weighted by atomic mass is 10.0. The number of amides is 1. The summed E-state index contributed by atoms with van der Waals surface area (Å²) in [6, 6.07) is 6.99. The second kappa shape index (κ2) is 7.84. The third-order valence-corrected chi connectivity index (χ3v) is 4.90. The Balaban J connectivity index is 1.93.